The van der Waals surface area contributed by atoms with Crippen molar-refractivity contribution in [2.45, 2.75) is 26.9 Å². The molecule has 1 saturated heterocycles. The number of carbonyl (C=O) groups is 2. The Kier molecular flexibility index (Phi) is 3.20. The van der Waals surface area contributed by atoms with E-state index in [9.17, 15) is 9.59 Å². The van der Waals surface area contributed by atoms with E-state index >= 15 is 0 Å². The molecule has 0 saturated carbocycles. The van der Waals surface area contributed by atoms with Gasteiger partial charge in [0.2, 0.25) is 0 Å². The smallest absolute Gasteiger partial charge is 0.316 e. The molecule has 2 atom stereocenters. The molecule has 3 nitrogen and oxygen atoms in total. The molecule has 0 aromatic heterocycles. The normalized spacial score (nSPS) is 26.9. The van der Waals surface area contributed by atoms with Gasteiger partial charge in [-0.2, -0.15) is 0 Å². The fraction of sp³-hybridized carbons (Fsp3) is 0.429. The molecule has 0 amide bonds. The molecule has 1 aromatic carbocycles. The van der Waals surface area contributed by atoms with Crippen LogP contribution >= 0.6 is 11.6 Å². The molecule has 1 heterocycles. The summed E-state index contributed by atoms with van der Waals surface area (Å²) in [5.41, 5.74) is 0.0687. The van der Waals surface area contributed by atoms with Crippen molar-refractivity contribution >= 4 is 23.4 Å². The average Bonchev–Trinajstić information content (AvgIpc) is 2.33. The summed E-state index contributed by atoms with van der Waals surface area (Å²) >= 11 is 5.83. The van der Waals surface area contributed by atoms with Crippen molar-refractivity contribution in [1.82, 2.24) is 0 Å². The van der Waals surface area contributed by atoms with Crippen molar-refractivity contribution < 1.29 is 14.3 Å². The van der Waals surface area contributed by atoms with Crippen LogP contribution < -0.4 is 0 Å². The first-order valence-electron chi connectivity index (χ1n) is 5.84. The van der Waals surface area contributed by atoms with Crippen LogP contribution in [0, 0.1) is 11.3 Å². The van der Waals surface area contributed by atoms with Gasteiger partial charge in [-0.05, 0) is 38.5 Å². The van der Waals surface area contributed by atoms with Crippen molar-refractivity contribution in [2.24, 2.45) is 11.3 Å². The third-order valence-electron chi connectivity index (χ3n) is 3.44. The Bertz CT molecular complexity index is 490. The molecule has 1 aromatic rings. The maximum atomic E-state index is 12.2. The lowest BCUT2D eigenvalue weighted by molar-refractivity contribution is -0.177. The fourth-order valence-corrected chi connectivity index (χ4v) is 2.41. The van der Waals surface area contributed by atoms with Gasteiger partial charge >= 0.3 is 5.97 Å². The average molecular weight is 267 g/mol. The minimum atomic E-state index is -0.721. The molecule has 1 fully saturated rings. The number of halogens is 1. The highest BCUT2D eigenvalue weighted by Gasteiger charge is 2.49. The van der Waals surface area contributed by atoms with Crippen LogP contribution in [-0.4, -0.2) is 11.8 Å². The molecule has 0 N–H and O–H groups in total. The number of Topliss-reactive ketones (excluding diaryl/α,β-unsaturated/α-hetero) is 1. The summed E-state index contributed by atoms with van der Waals surface area (Å²) in [5.74, 6) is -1.23. The molecule has 0 bridgehead atoms. The molecule has 0 radical (unpaired) electrons. The van der Waals surface area contributed by atoms with Crippen LogP contribution in [0.25, 0.3) is 0 Å². The number of esters is 1. The van der Waals surface area contributed by atoms with E-state index in [1.54, 1.807) is 45.0 Å². The molecule has 1 aliphatic rings. The van der Waals surface area contributed by atoms with E-state index in [2.05, 4.69) is 0 Å². The highest BCUT2D eigenvalue weighted by Crippen LogP contribution is 2.43. The summed E-state index contributed by atoms with van der Waals surface area (Å²) in [6.45, 7) is 5.19. The van der Waals surface area contributed by atoms with E-state index in [4.69, 9.17) is 16.3 Å². The Morgan fingerprint density at radius 2 is 1.72 bits per heavy atom. The number of hydrogen-bond acceptors (Lipinski definition) is 3. The van der Waals surface area contributed by atoms with Crippen LogP contribution in [0.15, 0.2) is 24.3 Å². The zero-order valence-electron chi connectivity index (χ0n) is 10.6. The first-order valence-corrected chi connectivity index (χ1v) is 6.22. The molecular weight excluding hydrogens is 252 g/mol. The van der Waals surface area contributed by atoms with Gasteiger partial charge < -0.3 is 4.74 Å². The molecule has 18 heavy (non-hydrogen) atoms. The maximum absolute atomic E-state index is 12.2. The zero-order valence-corrected chi connectivity index (χ0v) is 11.3. The highest BCUT2D eigenvalue weighted by molar-refractivity contribution is 6.30. The quantitative estimate of drug-likeness (QED) is 0.579. The van der Waals surface area contributed by atoms with E-state index < -0.39 is 23.4 Å². The largest absolute Gasteiger partial charge is 0.456 e. The Morgan fingerprint density at radius 3 is 2.28 bits per heavy atom. The van der Waals surface area contributed by atoms with Gasteiger partial charge in [-0.25, -0.2) is 0 Å². The summed E-state index contributed by atoms with van der Waals surface area (Å²) in [6.07, 6.45) is -0.550. The van der Waals surface area contributed by atoms with Crippen molar-refractivity contribution in [2.75, 3.05) is 0 Å². The van der Waals surface area contributed by atoms with Gasteiger partial charge in [-0.15, -0.1) is 0 Å². The Hall–Kier alpha value is -1.35. The third-order valence-corrected chi connectivity index (χ3v) is 3.70. The van der Waals surface area contributed by atoms with Crippen molar-refractivity contribution in [3.8, 4) is 0 Å². The number of hydrogen-bond donors (Lipinski definition) is 0. The zero-order chi connectivity index (χ0) is 13.5. The van der Waals surface area contributed by atoms with Gasteiger partial charge in [-0.1, -0.05) is 23.7 Å². The second kappa shape index (κ2) is 4.39. The number of ether oxygens (including phenoxy) is 1. The SMILES string of the molecule is C[C@@H]1C(=O)O[C@H](c2ccc(Cl)cc2)C(C)(C)C1=O. The predicted molar refractivity (Wildman–Crippen MR) is 68.2 cm³/mol. The van der Waals surface area contributed by atoms with Crippen LogP contribution in [0.4, 0.5) is 0 Å². The van der Waals surface area contributed by atoms with E-state index in [0.29, 0.717) is 5.02 Å². The Labute approximate surface area is 111 Å². The number of cyclic esters (lactones) is 1. The van der Waals surface area contributed by atoms with Gasteiger partial charge in [-0.3, -0.25) is 9.59 Å². The van der Waals surface area contributed by atoms with Gasteiger partial charge in [0.25, 0.3) is 0 Å². The monoisotopic (exact) mass is 266 g/mol. The third kappa shape index (κ3) is 2.03. The first kappa shape index (κ1) is 13.1. The lowest BCUT2D eigenvalue weighted by atomic mass is 9.73. The lowest BCUT2D eigenvalue weighted by Crippen LogP contribution is -2.46. The number of carbonyl (C=O) groups excluding carboxylic acids is 2. The van der Waals surface area contributed by atoms with Crippen LogP contribution in [0.5, 0.6) is 0 Å². The number of ketones is 1. The topological polar surface area (TPSA) is 43.4 Å². The summed E-state index contributed by atoms with van der Waals surface area (Å²) in [6, 6.07) is 7.02. The summed E-state index contributed by atoms with van der Waals surface area (Å²) in [7, 11) is 0. The van der Waals surface area contributed by atoms with Crippen molar-refractivity contribution in [3.05, 3.63) is 34.9 Å². The van der Waals surface area contributed by atoms with Crippen LogP contribution in [0.3, 0.4) is 0 Å². The predicted octanol–water partition coefficient (Wildman–Crippen LogP) is 3.17. The second-order valence-electron chi connectivity index (χ2n) is 5.18. The lowest BCUT2D eigenvalue weighted by Gasteiger charge is -2.39. The van der Waals surface area contributed by atoms with E-state index in [0.717, 1.165) is 5.56 Å². The molecule has 0 aliphatic carbocycles. The molecule has 4 heteroatoms. The van der Waals surface area contributed by atoms with Gasteiger partial charge in [0.1, 0.15) is 12.0 Å². The standard InChI is InChI=1S/C14H15ClO3/c1-8-11(16)14(2,3)12(18-13(8)17)9-4-6-10(15)7-5-9/h4-8,12H,1-3H3/t8-,12+/m0/s1. The molecule has 1 aliphatic heterocycles. The molecule has 96 valence electrons. The van der Waals surface area contributed by atoms with Crippen molar-refractivity contribution in [3.63, 3.8) is 0 Å². The summed E-state index contributed by atoms with van der Waals surface area (Å²) in [4.78, 5) is 23.9. The first-order chi connectivity index (χ1) is 8.34. The van der Waals surface area contributed by atoms with Gasteiger partial charge in [0.05, 0.1) is 5.41 Å². The van der Waals surface area contributed by atoms with E-state index in [1.165, 1.54) is 0 Å². The second-order valence-corrected chi connectivity index (χ2v) is 5.61. The van der Waals surface area contributed by atoms with Gasteiger partial charge in [0, 0.05) is 5.02 Å². The molecule has 2 rings (SSSR count). The molecule has 0 spiro atoms. The van der Waals surface area contributed by atoms with Crippen molar-refractivity contribution in [1.29, 1.82) is 0 Å². The highest BCUT2D eigenvalue weighted by atomic mass is 35.5. The number of benzene rings is 1. The minimum absolute atomic E-state index is 0.0845. The fourth-order valence-electron chi connectivity index (χ4n) is 2.28. The Balaban J connectivity index is 2.40. The van der Waals surface area contributed by atoms with Gasteiger partial charge in [0.15, 0.2) is 5.78 Å². The number of rotatable bonds is 1. The Morgan fingerprint density at radius 1 is 1.17 bits per heavy atom. The minimum Gasteiger partial charge on any atom is -0.456 e. The molecule has 0 unspecified atom stereocenters. The van der Waals surface area contributed by atoms with E-state index in [1.807, 2.05) is 0 Å². The summed E-state index contributed by atoms with van der Waals surface area (Å²) in [5, 5.41) is 0.610. The summed E-state index contributed by atoms with van der Waals surface area (Å²) < 4.78 is 5.41. The maximum Gasteiger partial charge on any atom is 0.316 e. The van der Waals surface area contributed by atoms with Crippen LogP contribution in [-0.2, 0) is 14.3 Å². The van der Waals surface area contributed by atoms with E-state index in [-0.39, 0.29) is 5.78 Å². The van der Waals surface area contributed by atoms with Crippen LogP contribution in [0.2, 0.25) is 5.02 Å². The molecular formula is C14H15ClO3. The van der Waals surface area contributed by atoms with Crippen LogP contribution in [0.1, 0.15) is 32.4 Å².